The Balaban J connectivity index is 2.44. The van der Waals surface area contributed by atoms with E-state index >= 15 is 0 Å². The number of rotatable bonds is 25. The minimum Gasteiger partial charge on any atom is -0.411 e. The first-order valence-electron chi connectivity index (χ1n) is 24.4. The van der Waals surface area contributed by atoms with E-state index in [2.05, 4.69) is 163 Å². The van der Waals surface area contributed by atoms with Crippen LogP contribution < -0.4 is 0 Å². The summed E-state index contributed by atoms with van der Waals surface area (Å²) in [7, 11) is -0.948. The summed E-state index contributed by atoms with van der Waals surface area (Å²) in [6, 6.07) is 0. The molecule has 62 heavy (non-hydrogen) atoms. The Hall–Kier alpha value is 0.554. The van der Waals surface area contributed by atoms with Crippen molar-refractivity contribution in [2.45, 2.75) is 245 Å². The molecule has 12 heteroatoms. The quantitative estimate of drug-likeness (QED) is 0.0690. The summed E-state index contributed by atoms with van der Waals surface area (Å²) >= 11 is 6.97. The zero-order valence-corrected chi connectivity index (χ0v) is 48.3. The minimum atomic E-state index is -2.46. The lowest BCUT2D eigenvalue weighted by atomic mass is 9.78. The van der Waals surface area contributed by atoms with Crippen molar-refractivity contribution in [3.05, 3.63) is 21.1 Å². The predicted octanol–water partition coefficient (Wildman–Crippen LogP) is 14.1. The molecule has 12 atom stereocenters. The molecule has 0 aromatic heterocycles. The SMILES string of the molecule is CO[C@@H]([C@H](O)[C@@H](CO)C[C@H](C)C=C(Br)Br)[C@H](O[Si](C(C)C)(C(C)C)C(C)C)/C(C)=C/[C@@H](C)[C@H]1C[C@@H]([C@H](C)C[C@@H]2CC[C@@H](O[Si](C(C)C)(C(C)C)C(C)C)[C@H](OC)C2)OC(C)(C)O1. The molecular formula is C50H96Br2O8Si2. The van der Waals surface area contributed by atoms with Crippen molar-refractivity contribution >= 4 is 48.5 Å². The fourth-order valence-electron chi connectivity index (χ4n) is 12.3. The van der Waals surface area contributed by atoms with Crippen molar-refractivity contribution in [1.29, 1.82) is 0 Å². The van der Waals surface area contributed by atoms with Gasteiger partial charge in [0.1, 0.15) is 6.10 Å². The molecule has 1 aliphatic carbocycles. The molecule has 2 aliphatic rings. The monoisotopic (exact) mass is 1040 g/mol. The van der Waals surface area contributed by atoms with Gasteiger partial charge >= 0.3 is 0 Å². The van der Waals surface area contributed by atoms with Crippen LogP contribution in [0.1, 0.15) is 163 Å². The van der Waals surface area contributed by atoms with Gasteiger partial charge in [0.25, 0.3) is 0 Å². The van der Waals surface area contributed by atoms with Gasteiger partial charge in [-0.05, 0) is 141 Å². The van der Waals surface area contributed by atoms with Gasteiger partial charge in [-0.15, -0.1) is 0 Å². The van der Waals surface area contributed by atoms with E-state index in [-0.39, 0.29) is 42.9 Å². The van der Waals surface area contributed by atoms with Crippen LogP contribution in [0, 0.1) is 29.6 Å². The van der Waals surface area contributed by atoms with Crippen LogP contribution in [0.25, 0.3) is 0 Å². The van der Waals surface area contributed by atoms with Gasteiger partial charge in [-0.3, -0.25) is 0 Å². The molecular weight excluding hydrogens is 945 g/mol. The second-order valence-corrected chi connectivity index (χ2v) is 35.6. The van der Waals surface area contributed by atoms with Crippen molar-refractivity contribution in [3.8, 4) is 0 Å². The van der Waals surface area contributed by atoms with Gasteiger partial charge in [-0.25, -0.2) is 0 Å². The Morgan fingerprint density at radius 2 is 1.26 bits per heavy atom. The molecule has 2 N–H and O–H groups in total. The van der Waals surface area contributed by atoms with E-state index in [1.165, 1.54) is 0 Å². The average molecular weight is 1040 g/mol. The molecule has 8 nitrogen and oxygen atoms in total. The van der Waals surface area contributed by atoms with Crippen molar-refractivity contribution in [1.82, 2.24) is 0 Å². The highest BCUT2D eigenvalue weighted by atomic mass is 79.9. The molecule has 0 spiro atoms. The highest BCUT2D eigenvalue weighted by Crippen LogP contribution is 2.47. The Morgan fingerprint density at radius 3 is 1.71 bits per heavy atom. The van der Waals surface area contributed by atoms with E-state index < -0.39 is 46.7 Å². The molecule has 0 unspecified atom stereocenters. The van der Waals surface area contributed by atoms with Gasteiger partial charge in [-0.2, -0.15) is 0 Å². The summed E-state index contributed by atoms with van der Waals surface area (Å²) in [6.45, 7) is 40.7. The molecule has 0 radical (unpaired) electrons. The maximum Gasteiger partial charge on any atom is 0.201 e. The topological polar surface area (TPSA) is 95.8 Å². The smallest absolute Gasteiger partial charge is 0.201 e. The number of hydrogen-bond acceptors (Lipinski definition) is 8. The van der Waals surface area contributed by atoms with Crippen molar-refractivity contribution < 1.29 is 38.0 Å². The second kappa shape index (κ2) is 25.8. The maximum atomic E-state index is 12.2. The molecule has 0 amide bonds. The van der Waals surface area contributed by atoms with Gasteiger partial charge in [0.05, 0.1) is 40.0 Å². The van der Waals surface area contributed by atoms with Crippen LogP contribution in [-0.4, -0.2) is 96.2 Å². The first-order chi connectivity index (χ1) is 28.6. The van der Waals surface area contributed by atoms with E-state index in [9.17, 15) is 10.2 Å². The third-order valence-electron chi connectivity index (χ3n) is 15.2. The highest BCUT2D eigenvalue weighted by Gasteiger charge is 2.51. The third kappa shape index (κ3) is 15.0. The van der Waals surface area contributed by atoms with Crippen LogP contribution in [0.4, 0.5) is 0 Å². The third-order valence-corrected chi connectivity index (χ3v) is 27.9. The van der Waals surface area contributed by atoms with Crippen LogP contribution in [0.3, 0.4) is 0 Å². The van der Waals surface area contributed by atoms with Gasteiger partial charge in [0.2, 0.25) is 16.6 Å². The second-order valence-electron chi connectivity index (χ2n) is 22.0. The molecule has 366 valence electrons. The summed E-state index contributed by atoms with van der Waals surface area (Å²) < 4.78 is 41.8. The molecule has 1 aliphatic heterocycles. The van der Waals surface area contributed by atoms with Crippen molar-refractivity contribution in [3.63, 3.8) is 0 Å². The van der Waals surface area contributed by atoms with E-state index in [4.69, 9.17) is 27.8 Å². The Morgan fingerprint density at radius 1 is 0.742 bits per heavy atom. The summed E-state index contributed by atoms with van der Waals surface area (Å²) in [5.41, 5.74) is 3.66. The highest BCUT2D eigenvalue weighted by molar-refractivity contribution is 9.28. The summed E-state index contributed by atoms with van der Waals surface area (Å²) in [5, 5.41) is 22.8. The lowest BCUT2D eigenvalue weighted by Gasteiger charge is -2.48. The van der Waals surface area contributed by atoms with Crippen LogP contribution in [0.5, 0.6) is 0 Å². The van der Waals surface area contributed by atoms with Crippen LogP contribution in [0.15, 0.2) is 21.1 Å². The molecule has 0 aromatic rings. The molecule has 1 saturated heterocycles. The summed E-state index contributed by atoms with van der Waals surface area (Å²) in [4.78, 5) is 0. The average Bonchev–Trinajstić information content (AvgIpc) is 3.15. The fourth-order valence-corrected chi connectivity index (χ4v) is 24.4. The van der Waals surface area contributed by atoms with Gasteiger partial charge in [0, 0.05) is 39.1 Å². The van der Waals surface area contributed by atoms with Gasteiger partial charge in [-0.1, -0.05) is 116 Å². The standard InChI is InChI=1S/C50H96Br2O8Si2/c1-30(2)61(31(3)4,32(5)6)59-42-22-21-40(27-45(42)55-19)26-38(15)44-28-43(57-50(17,18)58-44)37(14)25-39(16)48(60-62(33(7)8,34(9)10)35(11)12)49(56-20)47(54)41(29-53)23-36(13)24-46(51)52/h24-25,30-38,40-45,47-49,53-54H,21-23,26-29H2,1-20H3/b39-25+/t36-,37+,38+,40-,41+,42+,43+,44-,45+,47+,48+,49-/m0/s1. The van der Waals surface area contributed by atoms with Gasteiger partial charge in [0.15, 0.2) is 5.79 Å². The summed E-state index contributed by atoms with van der Waals surface area (Å²) in [5.74, 6) is -0.119. The first-order valence-corrected chi connectivity index (χ1v) is 30.3. The van der Waals surface area contributed by atoms with Crippen molar-refractivity contribution in [2.24, 2.45) is 29.6 Å². The van der Waals surface area contributed by atoms with Crippen LogP contribution in [0.2, 0.25) is 33.2 Å². The van der Waals surface area contributed by atoms with E-state index in [1.54, 1.807) is 7.11 Å². The number of aliphatic hydroxyl groups excluding tert-OH is 2. The molecule has 2 rings (SSSR count). The van der Waals surface area contributed by atoms with E-state index in [0.717, 1.165) is 41.1 Å². The molecule has 2 fully saturated rings. The number of aliphatic hydroxyl groups is 2. The van der Waals surface area contributed by atoms with E-state index in [1.807, 2.05) is 13.2 Å². The minimum absolute atomic E-state index is 0.0367. The van der Waals surface area contributed by atoms with Gasteiger partial charge < -0.3 is 38.0 Å². The maximum absolute atomic E-state index is 12.2. The lowest BCUT2D eigenvalue weighted by Crippen LogP contribution is -2.56. The normalized spacial score (nSPS) is 26.6. The Bertz CT molecular complexity index is 1320. The fraction of sp³-hybridized carbons (Fsp3) is 0.920. The Kier molecular flexibility index (Phi) is 24.4. The molecule has 0 bridgehead atoms. The number of hydrogen-bond donors (Lipinski definition) is 2. The number of ether oxygens (including phenoxy) is 4. The molecule has 1 saturated carbocycles. The van der Waals surface area contributed by atoms with Crippen molar-refractivity contribution in [2.75, 3.05) is 20.8 Å². The predicted molar refractivity (Wildman–Crippen MR) is 272 cm³/mol. The zero-order chi connectivity index (χ0) is 47.7. The number of allylic oxidation sites excluding steroid dienone is 1. The largest absolute Gasteiger partial charge is 0.411 e. The number of halogens is 2. The lowest BCUT2D eigenvalue weighted by molar-refractivity contribution is -0.313. The summed E-state index contributed by atoms with van der Waals surface area (Å²) in [6.07, 6.45) is 8.09. The molecule has 1 heterocycles. The van der Waals surface area contributed by atoms with Crippen LogP contribution in [-0.2, 0) is 27.8 Å². The van der Waals surface area contributed by atoms with E-state index in [0.29, 0.717) is 51.5 Å². The first kappa shape index (κ1) is 58.7. The Labute approximate surface area is 400 Å². The zero-order valence-electron chi connectivity index (χ0n) is 43.1. The number of methoxy groups -OCH3 is 2. The van der Waals surface area contributed by atoms with Crippen LogP contribution >= 0.6 is 31.9 Å². The molecule has 0 aromatic carbocycles.